The number of benzene rings is 3. The van der Waals surface area contributed by atoms with Crippen LogP contribution >= 0.6 is 0 Å². The molecule has 3 aromatic carbocycles. The zero-order chi connectivity index (χ0) is 19.0. The summed E-state index contributed by atoms with van der Waals surface area (Å²) < 4.78 is 0. The van der Waals surface area contributed by atoms with Gasteiger partial charge in [0.1, 0.15) is 6.54 Å². The van der Waals surface area contributed by atoms with E-state index in [1.165, 1.54) is 4.90 Å². The topological polar surface area (TPSA) is 61.8 Å². The van der Waals surface area contributed by atoms with Crippen LogP contribution in [0, 0.1) is 6.92 Å². The van der Waals surface area contributed by atoms with Crippen molar-refractivity contribution in [3.8, 4) is 0 Å². The third-order valence-corrected chi connectivity index (χ3v) is 4.77. The minimum Gasteiger partial charge on any atom is -0.298 e. The molecule has 4 rings (SSSR count). The number of hydrogen-bond donors (Lipinski definition) is 1. The number of hydrogen-bond acceptors (Lipinski definition) is 3. The molecule has 0 spiro atoms. The zero-order valence-electron chi connectivity index (χ0n) is 15.2. The summed E-state index contributed by atoms with van der Waals surface area (Å²) >= 11 is 0. The molecule has 0 fully saturated rings. The lowest BCUT2D eigenvalue weighted by atomic mass is 10.1. The Morgan fingerprint density at radius 2 is 1.74 bits per heavy atom. The van der Waals surface area contributed by atoms with Crippen LogP contribution < -0.4 is 10.3 Å². The first-order chi connectivity index (χ1) is 13.0. The molecule has 27 heavy (non-hydrogen) atoms. The van der Waals surface area contributed by atoms with E-state index in [1.54, 1.807) is 6.07 Å². The first kappa shape index (κ1) is 17.0. The number of anilines is 1. The highest BCUT2D eigenvalue weighted by molar-refractivity contribution is 6.26. The van der Waals surface area contributed by atoms with E-state index in [2.05, 4.69) is 10.5 Å². The molecule has 5 nitrogen and oxygen atoms in total. The third-order valence-electron chi connectivity index (χ3n) is 4.77. The van der Waals surface area contributed by atoms with E-state index in [0.717, 1.165) is 27.6 Å². The largest absolute Gasteiger partial charge is 0.298 e. The Bertz CT molecular complexity index is 1080. The van der Waals surface area contributed by atoms with Crippen LogP contribution in [-0.2, 0) is 4.79 Å². The van der Waals surface area contributed by atoms with Crippen LogP contribution in [0.3, 0.4) is 0 Å². The number of nitrogens with one attached hydrogen (secondary N) is 1. The number of carbonyl (C=O) groups excluding carboxylic acids is 2. The number of hydrazone groups is 1. The molecule has 1 N–H and O–H groups in total. The Morgan fingerprint density at radius 1 is 1.04 bits per heavy atom. The smallest absolute Gasteiger partial charge is 0.260 e. The van der Waals surface area contributed by atoms with Gasteiger partial charge in [-0.05, 0) is 36.9 Å². The quantitative estimate of drug-likeness (QED) is 0.572. The summed E-state index contributed by atoms with van der Waals surface area (Å²) in [5.41, 5.74) is 6.77. The molecular weight excluding hydrogens is 338 g/mol. The Balaban J connectivity index is 1.51. The van der Waals surface area contributed by atoms with Gasteiger partial charge in [0.05, 0.1) is 11.4 Å². The average Bonchev–Trinajstić information content (AvgIpc) is 2.95. The van der Waals surface area contributed by atoms with Gasteiger partial charge in [-0.2, -0.15) is 5.10 Å². The van der Waals surface area contributed by atoms with E-state index in [4.69, 9.17) is 0 Å². The van der Waals surface area contributed by atoms with Crippen LogP contribution in [0.4, 0.5) is 5.69 Å². The Hall–Kier alpha value is -3.47. The fraction of sp³-hybridized carbons (Fsp3) is 0.136. The van der Waals surface area contributed by atoms with Gasteiger partial charge in [0.15, 0.2) is 0 Å². The summed E-state index contributed by atoms with van der Waals surface area (Å²) in [6, 6.07) is 19.3. The standard InChI is InChI=1S/C22H19N3O2/c1-14-9-11-16(12-10-14)15(2)23-24-20(26)13-25-19-8-4-6-17-5-3-7-18(21(17)19)22(25)27/h3-12H,13H2,1-2H3,(H,24,26)/b23-15-. The van der Waals surface area contributed by atoms with E-state index in [-0.39, 0.29) is 18.4 Å². The normalized spacial score (nSPS) is 13.3. The minimum absolute atomic E-state index is 0.0721. The fourth-order valence-electron chi connectivity index (χ4n) is 3.32. The van der Waals surface area contributed by atoms with Crippen LogP contribution in [-0.4, -0.2) is 24.1 Å². The van der Waals surface area contributed by atoms with Crippen molar-refractivity contribution < 1.29 is 9.59 Å². The van der Waals surface area contributed by atoms with Crippen LogP contribution in [0.5, 0.6) is 0 Å². The molecule has 1 aliphatic heterocycles. The number of rotatable bonds is 4. The highest BCUT2D eigenvalue weighted by Crippen LogP contribution is 2.36. The number of amides is 2. The Morgan fingerprint density at radius 3 is 2.48 bits per heavy atom. The molecule has 0 atom stereocenters. The molecule has 0 saturated heterocycles. The van der Waals surface area contributed by atoms with Gasteiger partial charge in [-0.1, -0.05) is 54.1 Å². The molecule has 0 aromatic heterocycles. The van der Waals surface area contributed by atoms with Crippen molar-refractivity contribution in [1.29, 1.82) is 0 Å². The van der Waals surface area contributed by atoms with Gasteiger partial charge in [0.25, 0.3) is 11.8 Å². The van der Waals surface area contributed by atoms with Gasteiger partial charge in [0.2, 0.25) is 0 Å². The highest BCUT2D eigenvalue weighted by Gasteiger charge is 2.30. The van der Waals surface area contributed by atoms with Gasteiger partial charge in [-0.3, -0.25) is 14.5 Å². The fourth-order valence-corrected chi connectivity index (χ4v) is 3.32. The zero-order valence-corrected chi connectivity index (χ0v) is 15.2. The monoisotopic (exact) mass is 357 g/mol. The van der Waals surface area contributed by atoms with Crippen LogP contribution in [0.1, 0.15) is 28.4 Å². The lowest BCUT2D eigenvalue weighted by Crippen LogP contribution is -2.37. The summed E-state index contributed by atoms with van der Waals surface area (Å²) in [6.07, 6.45) is 0. The summed E-state index contributed by atoms with van der Waals surface area (Å²) in [6.45, 7) is 3.78. The van der Waals surface area contributed by atoms with E-state index < -0.39 is 0 Å². The Kier molecular flexibility index (Phi) is 4.20. The SMILES string of the molecule is C/C(=N/NC(=O)CN1C(=O)c2cccc3cccc1c23)c1ccc(C)cc1. The van der Waals surface area contributed by atoms with E-state index in [9.17, 15) is 9.59 Å². The summed E-state index contributed by atoms with van der Waals surface area (Å²) in [5.74, 6) is -0.490. The van der Waals surface area contributed by atoms with Gasteiger partial charge in [-0.15, -0.1) is 0 Å². The number of carbonyl (C=O) groups is 2. The van der Waals surface area contributed by atoms with Crippen LogP contribution in [0.15, 0.2) is 65.8 Å². The molecule has 1 heterocycles. The molecule has 0 aliphatic carbocycles. The first-order valence-electron chi connectivity index (χ1n) is 8.78. The van der Waals surface area contributed by atoms with Crippen molar-refractivity contribution in [3.05, 3.63) is 77.4 Å². The second kappa shape index (κ2) is 6.68. The van der Waals surface area contributed by atoms with Crippen molar-refractivity contribution in [2.24, 2.45) is 5.10 Å². The van der Waals surface area contributed by atoms with Crippen LogP contribution in [0.25, 0.3) is 10.8 Å². The molecular formula is C22H19N3O2. The minimum atomic E-state index is -0.334. The van der Waals surface area contributed by atoms with E-state index >= 15 is 0 Å². The predicted molar refractivity (Wildman–Crippen MR) is 107 cm³/mol. The molecule has 5 heteroatoms. The van der Waals surface area contributed by atoms with Crippen molar-refractivity contribution in [3.63, 3.8) is 0 Å². The van der Waals surface area contributed by atoms with Gasteiger partial charge in [0, 0.05) is 10.9 Å². The maximum Gasteiger partial charge on any atom is 0.260 e. The Labute approximate surface area is 157 Å². The predicted octanol–water partition coefficient (Wildman–Crippen LogP) is 3.65. The lowest BCUT2D eigenvalue weighted by Gasteiger charge is -2.16. The summed E-state index contributed by atoms with van der Waals surface area (Å²) in [5, 5.41) is 6.06. The summed E-state index contributed by atoms with van der Waals surface area (Å²) in [7, 11) is 0. The van der Waals surface area contributed by atoms with Crippen molar-refractivity contribution in [2.75, 3.05) is 11.4 Å². The van der Waals surface area contributed by atoms with Gasteiger partial charge < -0.3 is 0 Å². The molecule has 0 bridgehead atoms. The van der Waals surface area contributed by atoms with Gasteiger partial charge in [-0.25, -0.2) is 5.43 Å². The lowest BCUT2D eigenvalue weighted by molar-refractivity contribution is -0.119. The first-order valence-corrected chi connectivity index (χ1v) is 8.78. The number of nitrogens with zero attached hydrogens (tertiary/aromatic N) is 2. The summed E-state index contributed by atoms with van der Waals surface area (Å²) in [4.78, 5) is 26.6. The van der Waals surface area contributed by atoms with Gasteiger partial charge >= 0.3 is 0 Å². The molecule has 2 amide bonds. The maximum absolute atomic E-state index is 12.7. The molecule has 0 saturated carbocycles. The molecule has 134 valence electrons. The average molecular weight is 357 g/mol. The number of aryl methyl sites for hydroxylation is 1. The van der Waals surface area contributed by atoms with Crippen molar-refractivity contribution >= 4 is 34.0 Å². The third kappa shape index (κ3) is 3.08. The second-order valence-electron chi connectivity index (χ2n) is 6.67. The maximum atomic E-state index is 12.7. The molecule has 3 aromatic rings. The van der Waals surface area contributed by atoms with Crippen molar-refractivity contribution in [2.45, 2.75) is 13.8 Å². The van der Waals surface area contributed by atoms with E-state index in [0.29, 0.717) is 11.3 Å². The second-order valence-corrected chi connectivity index (χ2v) is 6.67. The molecule has 0 unspecified atom stereocenters. The van der Waals surface area contributed by atoms with Crippen molar-refractivity contribution in [1.82, 2.24) is 5.43 Å². The highest BCUT2D eigenvalue weighted by atomic mass is 16.2. The molecule has 1 aliphatic rings. The van der Waals surface area contributed by atoms with E-state index in [1.807, 2.05) is 68.4 Å². The molecule has 0 radical (unpaired) electrons. The van der Waals surface area contributed by atoms with Crippen LogP contribution in [0.2, 0.25) is 0 Å².